The predicted octanol–water partition coefficient (Wildman–Crippen LogP) is 4.46. The molecule has 1 fully saturated rings. The largest absolute Gasteiger partial charge is 0.462 e. The van der Waals surface area contributed by atoms with Gasteiger partial charge in [0.05, 0.1) is 17.9 Å². The molecule has 0 radical (unpaired) electrons. The second-order valence-electron chi connectivity index (χ2n) is 7.49. The Morgan fingerprint density at radius 2 is 1.93 bits per heavy atom. The molecule has 0 unspecified atom stereocenters. The quantitative estimate of drug-likeness (QED) is 0.552. The second-order valence-corrected chi connectivity index (χ2v) is 8.98. The first kappa shape index (κ1) is 21.1. The standard InChI is InChI=1S/C22H26FN3O2S2/c1-2-28-21(27)19-15-7-3-6-10-18(15)30-20(19)24-22(29)26-13-11-25(12-14-26)17-9-5-4-8-16(17)23/h4-5,8-9H,2-3,6-7,10-14H2,1H3,(H,24,29). The lowest BCUT2D eigenvalue weighted by Gasteiger charge is -2.37. The molecule has 0 bridgehead atoms. The first-order valence-electron chi connectivity index (χ1n) is 10.5. The molecule has 1 aromatic heterocycles. The van der Waals surface area contributed by atoms with Gasteiger partial charge in [0.15, 0.2) is 5.11 Å². The minimum atomic E-state index is -0.272. The number of rotatable bonds is 4. The van der Waals surface area contributed by atoms with Crippen LogP contribution in [0.4, 0.5) is 15.1 Å². The molecule has 5 nitrogen and oxygen atoms in total. The Morgan fingerprint density at radius 3 is 2.67 bits per heavy atom. The molecule has 0 amide bonds. The molecule has 0 spiro atoms. The smallest absolute Gasteiger partial charge is 0.341 e. The van der Waals surface area contributed by atoms with Crippen molar-refractivity contribution in [2.45, 2.75) is 32.6 Å². The minimum absolute atomic E-state index is 0.199. The third-order valence-electron chi connectivity index (χ3n) is 5.63. The monoisotopic (exact) mass is 447 g/mol. The number of nitrogens with zero attached hydrogens (tertiary/aromatic N) is 2. The van der Waals surface area contributed by atoms with Crippen LogP contribution in [0.25, 0.3) is 0 Å². The Bertz CT molecular complexity index is 938. The molecule has 30 heavy (non-hydrogen) atoms. The summed E-state index contributed by atoms with van der Waals surface area (Å²) in [4.78, 5) is 18.0. The van der Waals surface area contributed by atoms with Crippen LogP contribution in [0.15, 0.2) is 24.3 Å². The van der Waals surface area contributed by atoms with Crippen molar-refractivity contribution in [3.63, 3.8) is 0 Å². The van der Waals surface area contributed by atoms with E-state index in [9.17, 15) is 9.18 Å². The number of piperazine rings is 1. The zero-order valence-electron chi connectivity index (χ0n) is 17.1. The number of ether oxygens (including phenoxy) is 1. The third kappa shape index (κ3) is 4.30. The number of carbonyl (C=O) groups is 1. The number of anilines is 2. The molecule has 160 valence electrons. The molecule has 0 atom stereocenters. The van der Waals surface area contributed by atoms with Gasteiger partial charge < -0.3 is 19.9 Å². The zero-order chi connectivity index (χ0) is 21.1. The van der Waals surface area contributed by atoms with Crippen molar-refractivity contribution in [2.75, 3.05) is 43.0 Å². The average molecular weight is 448 g/mol. The predicted molar refractivity (Wildman–Crippen MR) is 123 cm³/mol. The molecule has 2 aliphatic rings. The molecule has 2 heterocycles. The topological polar surface area (TPSA) is 44.8 Å². The fraction of sp³-hybridized carbons (Fsp3) is 0.455. The summed E-state index contributed by atoms with van der Waals surface area (Å²) in [5.74, 6) is -0.471. The van der Waals surface area contributed by atoms with E-state index in [1.54, 1.807) is 17.4 Å². The Morgan fingerprint density at radius 1 is 1.20 bits per heavy atom. The molecule has 1 N–H and O–H groups in total. The van der Waals surface area contributed by atoms with Gasteiger partial charge in [-0.15, -0.1) is 11.3 Å². The number of nitrogens with one attached hydrogen (secondary N) is 1. The Kier molecular flexibility index (Phi) is 6.53. The highest BCUT2D eigenvalue weighted by Gasteiger charge is 2.28. The lowest BCUT2D eigenvalue weighted by Crippen LogP contribution is -2.50. The first-order chi connectivity index (χ1) is 14.6. The highest BCUT2D eigenvalue weighted by molar-refractivity contribution is 7.80. The van der Waals surface area contributed by atoms with E-state index in [0.717, 1.165) is 36.2 Å². The number of hydrogen-bond donors (Lipinski definition) is 1. The number of thiocarbonyl (C=S) groups is 1. The first-order valence-corrected chi connectivity index (χ1v) is 11.7. The number of carbonyl (C=O) groups excluding carboxylic acids is 1. The maximum Gasteiger partial charge on any atom is 0.341 e. The Labute approximate surface area is 185 Å². The number of aryl methyl sites for hydroxylation is 1. The van der Waals surface area contributed by atoms with Gasteiger partial charge in [-0.1, -0.05) is 12.1 Å². The maximum absolute atomic E-state index is 14.1. The highest BCUT2D eigenvalue weighted by Crippen LogP contribution is 2.38. The van der Waals surface area contributed by atoms with E-state index in [-0.39, 0.29) is 11.8 Å². The molecule has 8 heteroatoms. The Hall–Kier alpha value is -2.19. The van der Waals surface area contributed by atoms with Gasteiger partial charge in [0, 0.05) is 31.1 Å². The summed E-state index contributed by atoms with van der Waals surface area (Å²) in [6.45, 7) is 4.94. The summed E-state index contributed by atoms with van der Waals surface area (Å²) < 4.78 is 19.4. The highest BCUT2D eigenvalue weighted by atomic mass is 32.1. The van der Waals surface area contributed by atoms with Gasteiger partial charge in [-0.3, -0.25) is 0 Å². The molecule has 1 aromatic carbocycles. The van der Waals surface area contributed by atoms with Crippen molar-refractivity contribution >= 4 is 45.3 Å². The summed E-state index contributed by atoms with van der Waals surface area (Å²) in [5.41, 5.74) is 2.41. The van der Waals surface area contributed by atoms with Crippen LogP contribution in [0.5, 0.6) is 0 Å². The van der Waals surface area contributed by atoms with Crippen molar-refractivity contribution in [3.05, 3.63) is 46.1 Å². The van der Waals surface area contributed by atoms with Crippen molar-refractivity contribution < 1.29 is 13.9 Å². The van der Waals surface area contributed by atoms with Crippen LogP contribution in [-0.4, -0.2) is 48.8 Å². The summed E-state index contributed by atoms with van der Waals surface area (Å²) in [6.07, 6.45) is 4.16. The normalized spacial score (nSPS) is 16.2. The van der Waals surface area contributed by atoms with Gasteiger partial charge in [0.1, 0.15) is 10.8 Å². The van der Waals surface area contributed by atoms with E-state index in [1.807, 2.05) is 24.0 Å². The molecular weight excluding hydrogens is 421 g/mol. The van der Waals surface area contributed by atoms with Crippen LogP contribution in [0.2, 0.25) is 0 Å². The maximum atomic E-state index is 14.1. The lowest BCUT2D eigenvalue weighted by molar-refractivity contribution is 0.0526. The third-order valence-corrected chi connectivity index (χ3v) is 7.20. The SMILES string of the molecule is CCOC(=O)c1c(NC(=S)N2CCN(c3ccccc3F)CC2)sc2c1CCCC2. The van der Waals surface area contributed by atoms with E-state index in [1.165, 1.54) is 10.9 Å². The molecule has 1 saturated heterocycles. The van der Waals surface area contributed by atoms with E-state index in [2.05, 4.69) is 10.2 Å². The minimum Gasteiger partial charge on any atom is -0.462 e. The van der Waals surface area contributed by atoms with E-state index in [0.29, 0.717) is 49.1 Å². The van der Waals surface area contributed by atoms with Gasteiger partial charge in [-0.05, 0) is 62.5 Å². The lowest BCUT2D eigenvalue weighted by atomic mass is 9.95. The molecule has 1 aliphatic carbocycles. The van der Waals surface area contributed by atoms with Crippen molar-refractivity contribution in [3.8, 4) is 0 Å². The van der Waals surface area contributed by atoms with E-state index < -0.39 is 0 Å². The average Bonchev–Trinajstić information content (AvgIpc) is 3.12. The second kappa shape index (κ2) is 9.31. The number of esters is 1. The number of para-hydroxylation sites is 1. The summed E-state index contributed by atoms with van der Waals surface area (Å²) in [5, 5.41) is 4.72. The number of halogens is 1. The van der Waals surface area contributed by atoms with Crippen LogP contribution in [-0.2, 0) is 17.6 Å². The van der Waals surface area contributed by atoms with Crippen LogP contribution in [0, 0.1) is 5.82 Å². The van der Waals surface area contributed by atoms with Crippen molar-refractivity contribution in [1.82, 2.24) is 4.90 Å². The molecular formula is C22H26FN3O2S2. The fourth-order valence-corrected chi connectivity index (χ4v) is 5.73. The number of hydrogen-bond acceptors (Lipinski definition) is 5. The number of thiophene rings is 1. The van der Waals surface area contributed by atoms with Crippen molar-refractivity contribution in [2.24, 2.45) is 0 Å². The van der Waals surface area contributed by atoms with E-state index >= 15 is 0 Å². The Balaban J connectivity index is 1.45. The molecule has 0 saturated carbocycles. The fourth-order valence-electron chi connectivity index (χ4n) is 4.11. The van der Waals surface area contributed by atoms with Gasteiger partial charge in [0.2, 0.25) is 0 Å². The van der Waals surface area contributed by atoms with Gasteiger partial charge in [0.25, 0.3) is 0 Å². The van der Waals surface area contributed by atoms with E-state index in [4.69, 9.17) is 17.0 Å². The van der Waals surface area contributed by atoms with Crippen LogP contribution in [0.1, 0.15) is 40.6 Å². The number of benzene rings is 1. The summed E-state index contributed by atoms with van der Waals surface area (Å²) in [6, 6.07) is 6.86. The van der Waals surface area contributed by atoms with Crippen LogP contribution < -0.4 is 10.2 Å². The zero-order valence-corrected chi connectivity index (χ0v) is 18.7. The summed E-state index contributed by atoms with van der Waals surface area (Å²) in [7, 11) is 0. The molecule has 2 aromatic rings. The molecule has 4 rings (SSSR count). The number of fused-ring (bicyclic) bond motifs is 1. The summed E-state index contributed by atoms with van der Waals surface area (Å²) >= 11 is 7.29. The van der Waals surface area contributed by atoms with Crippen molar-refractivity contribution in [1.29, 1.82) is 0 Å². The van der Waals surface area contributed by atoms with Crippen LogP contribution in [0.3, 0.4) is 0 Å². The van der Waals surface area contributed by atoms with Gasteiger partial charge in [-0.25, -0.2) is 9.18 Å². The molecule has 1 aliphatic heterocycles. The van der Waals surface area contributed by atoms with Gasteiger partial charge >= 0.3 is 5.97 Å². The van der Waals surface area contributed by atoms with Crippen LogP contribution >= 0.6 is 23.6 Å². The van der Waals surface area contributed by atoms with Gasteiger partial charge in [-0.2, -0.15) is 0 Å².